The van der Waals surface area contributed by atoms with Crippen molar-refractivity contribution in [3.63, 3.8) is 0 Å². The van der Waals surface area contributed by atoms with E-state index < -0.39 is 0 Å². The van der Waals surface area contributed by atoms with Gasteiger partial charge >= 0.3 is 0 Å². The highest BCUT2D eigenvalue weighted by atomic mass is 16.3. The van der Waals surface area contributed by atoms with Gasteiger partial charge in [-0.15, -0.1) is 10.2 Å². The van der Waals surface area contributed by atoms with E-state index in [-0.39, 0.29) is 17.4 Å². The SMILES string of the molecule is CCn1c2ccccc2c2nnc(N/N=C/c3ccc(O)cc3O)nc21. The molecule has 3 N–H and O–H groups in total. The van der Waals surface area contributed by atoms with Crippen molar-refractivity contribution in [2.75, 3.05) is 5.43 Å². The van der Waals surface area contributed by atoms with Gasteiger partial charge in [-0.05, 0) is 25.1 Å². The Bertz CT molecular complexity index is 1140. The van der Waals surface area contributed by atoms with Gasteiger partial charge in [-0.25, -0.2) is 5.43 Å². The molecule has 0 spiro atoms. The number of rotatable bonds is 4. The Balaban J connectivity index is 1.67. The van der Waals surface area contributed by atoms with Crippen LogP contribution >= 0.6 is 0 Å². The Kier molecular flexibility index (Phi) is 3.85. The average Bonchev–Trinajstić information content (AvgIpc) is 2.96. The van der Waals surface area contributed by atoms with Crippen LogP contribution in [0.2, 0.25) is 0 Å². The Hall–Kier alpha value is -3.68. The number of hydrogen-bond donors (Lipinski definition) is 3. The number of nitrogens with zero attached hydrogens (tertiary/aromatic N) is 5. The van der Waals surface area contributed by atoms with Gasteiger partial charge < -0.3 is 14.8 Å². The van der Waals surface area contributed by atoms with Gasteiger partial charge in [0.2, 0.25) is 0 Å². The van der Waals surface area contributed by atoms with Gasteiger partial charge in [-0.1, -0.05) is 18.2 Å². The molecule has 0 bridgehead atoms. The second kappa shape index (κ2) is 6.32. The van der Waals surface area contributed by atoms with Crippen molar-refractivity contribution in [1.82, 2.24) is 19.7 Å². The van der Waals surface area contributed by atoms with Crippen LogP contribution in [0, 0.1) is 0 Å². The maximum atomic E-state index is 9.75. The molecule has 0 atom stereocenters. The third-order valence-electron chi connectivity index (χ3n) is 4.07. The van der Waals surface area contributed by atoms with Gasteiger partial charge in [0.15, 0.2) is 5.65 Å². The summed E-state index contributed by atoms with van der Waals surface area (Å²) < 4.78 is 2.07. The molecule has 0 aliphatic heterocycles. The van der Waals surface area contributed by atoms with Crippen molar-refractivity contribution in [3.8, 4) is 11.5 Å². The van der Waals surface area contributed by atoms with Crippen molar-refractivity contribution in [1.29, 1.82) is 0 Å². The van der Waals surface area contributed by atoms with E-state index in [0.717, 1.165) is 28.6 Å². The summed E-state index contributed by atoms with van der Waals surface area (Å²) in [5.41, 5.74) is 5.70. The predicted molar refractivity (Wildman–Crippen MR) is 99.5 cm³/mol. The van der Waals surface area contributed by atoms with Crippen LogP contribution in [0.4, 0.5) is 5.95 Å². The number of hydrazone groups is 1. The minimum absolute atomic E-state index is 0.0158. The van der Waals surface area contributed by atoms with Crippen molar-refractivity contribution >= 4 is 34.2 Å². The summed E-state index contributed by atoms with van der Waals surface area (Å²) in [6.45, 7) is 2.81. The molecule has 0 aliphatic rings. The van der Waals surface area contributed by atoms with Crippen LogP contribution in [0.1, 0.15) is 12.5 Å². The summed E-state index contributed by atoms with van der Waals surface area (Å²) >= 11 is 0. The van der Waals surface area contributed by atoms with Gasteiger partial charge in [0.05, 0.1) is 11.7 Å². The fourth-order valence-electron chi connectivity index (χ4n) is 2.87. The van der Waals surface area contributed by atoms with E-state index in [1.54, 1.807) is 6.07 Å². The summed E-state index contributed by atoms with van der Waals surface area (Å²) in [4.78, 5) is 4.51. The number of phenols is 2. The summed E-state index contributed by atoms with van der Waals surface area (Å²) in [5.74, 6) is 0.165. The van der Waals surface area contributed by atoms with Gasteiger partial charge in [0.1, 0.15) is 17.0 Å². The van der Waals surface area contributed by atoms with E-state index in [1.165, 1.54) is 18.3 Å². The summed E-state index contributed by atoms with van der Waals surface area (Å²) in [6, 6.07) is 12.2. The summed E-state index contributed by atoms with van der Waals surface area (Å²) in [7, 11) is 0. The first-order valence-corrected chi connectivity index (χ1v) is 8.10. The lowest BCUT2D eigenvalue weighted by Gasteiger charge is -2.03. The molecule has 0 amide bonds. The third-order valence-corrected chi connectivity index (χ3v) is 4.07. The topological polar surface area (TPSA) is 108 Å². The summed E-state index contributed by atoms with van der Waals surface area (Å²) in [5, 5.41) is 32.4. The number of benzene rings is 2. The van der Waals surface area contributed by atoms with Gasteiger partial charge in [-0.2, -0.15) is 10.1 Å². The van der Waals surface area contributed by atoms with Gasteiger partial charge in [-0.3, -0.25) is 0 Å². The molecule has 0 radical (unpaired) electrons. The van der Waals surface area contributed by atoms with Crippen LogP contribution in [0.3, 0.4) is 0 Å². The zero-order valence-corrected chi connectivity index (χ0v) is 14.0. The summed E-state index contributed by atoms with van der Waals surface area (Å²) in [6.07, 6.45) is 1.41. The predicted octanol–water partition coefficient (Wildman–Crippen LogP) is 2.86. The van der Waals surface area contributed by atoms with E-state index in [1.807, 2.05) is 31.2 Å². The Labute approximate surface area is 148 Å². The number of hydrogen-bond acceptors (Lipinski definition) is 7. The van der Waals surface area contributed by atoms with Crippen LogP contribution in [-0.2, 0) is 6.54 Å². The quantitative estimate of drug-likeness (QED) is 0.386. The molecular formula is C18H16N6O2. The van der Waals surface area contributed by atoms with Crippen molar-refractivity contribution in [2.45, 2.75) is 13.5 Å². The molecule has 0 aliphatic carbocycles. The van der Waals surface area contributed by atoms with Crippen LogP contribution in [0.15, 0.2) is 47.6 Å². The minimum atomic E-state index is -0.0730. The molecule has 4 rings (SSSR count). The minimum Gasteiger partial charge on any atom is -0.508 e. The number of para-hydroxylation sites is 1. The Morgan fingerprint density at radius 2 is 2.00 bits per heavy atom. The van der Waals surface area contributed by atoms with Crippen LogP contribution in [0.25, 0.3) is 22.1 Å². The molecule has 4 aromatic rings. The van der Waals surface area contributed by atoms with E-state index in [9.17, 15) is 10.2 Å². The first kappa shape index (κ1) is 15.8. The van der Waals surface area contributed by atoms with Crippen LogP contribution in [0.5, 0.6) is 11.5 Å². The molecule has 0 saturated heterocycles. The molecule has 26 heavy (non-hydrogen) atoms. The molecular weight excluding hydrogens is 332 g/mol. The normalized spacial score (nSPS) is 11.6. The van der Waals surface area contributed by atoms with E-state index in [4.69, 9.17) is 0 Å². The monoisotopic (exact) mass is 348 g/mol. The Morgan fingerprint density at radius 1 is 1.15 bits per heavy atom. The first-order chi connectivity index (χ1) is 12.7. The van der Waals surface area contributed by atoms with E-state index in [2.05, 4.69) is 30.3 Å². The van der Waals surface area contributed by atoms with Crippen molar-refractivity contribution in [2.24, 2.45) is 5.10 Å². The molecule has 2 aromatic carbocycles. The highest BCUT2D eigenvalue weighted by Gasteiger charge is 2.13. The van der Waals surface area contributed by atoms with Gasteiger partial charge in [0, 0.05) is 23.6 Å². The average molecular weight is 348 g/mol. The lowest BCUT2D eigenvalue weighted by atomic mass is 10.2. The molecule has 8 nitrogen and oxygen atoms in total. The van der Waals surface area contributed by atoms with Gasteiger partial charge in [0.25, 0.3) is 5.95 Å². The number of nitrogens with one attached hydrogen (secondary N) is 1. The zero-order valence-electron chi connectivity index (χ0n) is 14.0. The maximum absolute atomic E-state index is 9.75. The smallest absolute Gasteiger partial charge is 0.265 e. The second-order valence-electron chi connectivity index (χ2n) is 5.68. The lowest BCUT2D eigenvalue weighted by Crippen LogP contribution is -2.02. The number of aryl methyl sites for hydroxylation is 1. The molecule has 0 unspecified atom stereocenters. The van der Waals surface area contributed by atoms with Crippen molar-refractivity contribution in [3.05, 3.63) is 48.0 Å². The van der Waals surface area contributed by atoms with Crippen LogP contribution in [-0.4, -0.2) is 36.2 Å². The van der Waals surface area contributed by atoms with E-state index in [0.29, 0.717) is 5.56 Å². The van der Waals surface area contributed by atoms with Crippen LogP contribution < -0.4 is 5.43 Å². The molecule has 130 valence electrons. The standard InChI is InChI=1S/C18H16N6O2/c1-2-24-14-6-4-3-5-13(14)16-17(24)20-18(23-21-16)22-19-10-11-7-8-12(25)9-15(11)26/h3-10,25-26H,2H2,1H3,(H,20,22,23)/b19-10+. The fourth-order valence-corrected chi connectivity index (χ4v) is 2.87. The molecule has 0 fully saturated rings. The molecule has 2 heterocycles. The molecule has 0 saturated carbocycles. The molecule has 2 aromatic heterocycles. The highest BCUT2D eigenvalue weighted by Crippen LogP contribution is 2.26. The molecule has 8 heteroatoms. The number of aromatic hydroxyl groups is 2. The third kappa shape index (κ3) is 2.67. The van der Waals surface area contributed by atoms with Crippen molar-refractivity contribution < 1.29 is 10.2 Å². The first-order valence-electron chi connectivity index (χ1n) is 8.10. The number of anilines is 1. The highest BCUT2D eigenvalue weighted by molar-refractivity contribution is 6.04. The zero-order chi connectivity index (χ0) is 18.1. The number of phenolic OH excluding ortho intramolecular Hbond substituents is 2. The van der Waals surface area contributed by atoms with E-state index >= 15 is 0 Å². The fraction of sp³-hybridized carbons (Fsp3) is 0.111. The lowest BCUT2D eigenvalue weighted by molar-refractivity contribution is 0.450. The Morgan fingerprint density at radius 3 is 2.81 bits per heavy atom. The maximum Gasteiger partial charge on any atom is 0.265 e. The largest absolute Gasteiger partial charge is 0.508 e. The number of aromatic nitrogens is 4. The second-order valence-corrected chi connectivity index (χ2v) is 5.68. The number of fused-ring (bicyclic) bond motifs is 3.